The molecule has 3 aliphatic carbocycles. The van der Waals surface area contributed by atoms with Crippen molar-refractivity contribution in [3.05, 3.63) is 41.2 Å². The van der Waals surface area contributed by atoms with Crippen LogP contribution in [0.3, 0.4) is 0 Å². The molecule has 1 aromatic heterocycles. The van der Waals surface area contributed by atoms with Crippen LogP contribution in [-0.2, 0) is 16.1 Å². The largest absolute Gasteiger partial charge is 0.490 e. The number of hydrogen-bond acceptors (Lipinski definition) is 7. The van der Waals surface area contributed by atoms with Gasteiger partial charge >= 0.3 is 5.97 Å². The Bertz CT molecular complexity index is 1650. The van der Waals surface area contributed by atoms with Gasteiger partial charge in [0.05, 0.1) is 24.8 Å². The summed E-state index contributed by atoms with van der Waals surface area (Å²) in [5.41, 5.74) is 0.714. The molecule has 5 aliphatic rings. The maximum atomic E-state index is 15.2. The highest BCUT2D eigenvalue weighted by Gasteiger charge is 2.47. The average molecular weight is 744 g/mol. The van der Waals surface area contributed by atoms with E-state index in [9.17, 15) is 23.5 Å². The number of carbonyl (C=O) groups excluding carboxylic acids is 1. The zero-order valence-corrected chi connectivity index (χ0v) is 31.1. The van der Waals surface area contributed by atoms with Crippen LogP contribution < -0.4 is 15.0 Å². The number of aliphatic carboxylic acids is 1. The van der Waals surface area contributed by atoms with Gasteiger partial charge in [-0.3, -0.25) is 14.5 Å². The topological polar surface area (TPSA) is 108 Å². The number of likely N-dealkylation sites (tertiary alicyclic amines) is 1. The molecule has 0 spiro atoms. The lowest BCUT2D eigenvalue weighted by atomic mass is 9.64. The van der Waals surface area contributed by atoms with E-state index in [1.165, 1.54) is 6.20 Å². The van der Waals surface area contributed by atoms with Crippen LogP contribution >= 0.6 is 0 Å². The lowest BCUT2D eigenvalue weighted by Crippen LogP contribution is -2.60. The Morgan fingerprint density at radius 2 is 1.64 bits per heavy atom. The molecule has 1 aromatic carbocycles. The summed E-state index contributed by atoms with van der Waals surface area (Å²) in [7, 11) is 0. The van der Waals surface area contributed by atoms with Crippen molar-refractivity contribution in [2.45, 2.75) is 127 Å². The third kappa shape index (κ3) is 8.01. The third-order valence-corrected chi connectivity index (χ3v) is 13.0. The average Bonchev–Trinajstić information content (AvgIpc) is 3.43. The molecule has 13 heteroatoms. The van der Waals surface area contributed by atoms with E-state index in [1.54, 1.807) is 0 Å². The normalized spacial score (nSPS) is 29.2. The van der Waals surface area contributed by atoms with Gasteiger partial charge in [-0.15, -0.1) is 0 Å². The van der Waals surface area contributed by atoms with E-state index in [2.05, 4.69) is 29.1 Å². The second-order valence-electron chi connectivity index (χ2n) is 16.8. The molecular formula is C40H53F4N5O4. The molecule has 4 fully saturated rings. The first-order valence-corrected chi connectivity index (χ1v) is 19.6. The van der Waals surface area contributed by atoms with E-state index < -0.39 is 29.4 Å². The quantitative estimate of drug-likeness (QED) is 0.210. The maximum absolute atomic E-state index is 15.2. The van der Waals surface area contributed by atoms with Gasteiger partial charge in [0.2, 0.25) is 5.95 Å². The fourth-order valence-corrected chi connectivity index (χ4v) is 10.3. The number of ether oxygens (including phenoxy) is 1. The fourth-order valence-electron chi connectivity index (χ4n) is 10.3. The highest BCUT2D eigenvalue weighted by atomic mass is 19.3. The molecular weight excluding hydrogens is 690 g/mol. The number of anilines is 2. The number of fused-ring (bicyclic) bond motifs is 3. The van der Waals surface area contributed by atoms with Gasteiger partial charge in [0.25, 0.3) is 17.8 Å². The summed E-state index contributed by atoms with van der Waals surface area (Å²) in [6.45, 7) is 5.52. The van der Waals surface area contributed by atoms with Crippen LogP contribution in [0.2, 0.25) is 0 Å². The smallest absolute Gasteiger partial charge is 0.303 e. The zero-order chi connectivity index (χ0) is 37.7. The second-order valence-corrected chi connectivity index (χ2v) is 16.8. The molecule has 9 nitrogen and oxygen atoms in total. The van der Waals surface area contributed by atoms with E-state index in [-0.39, 0.29) is 60.4 Å². The van der Waals surface area contributed by atoms with Crippen LogP contribution in [0.5, 0.6) is 5.75 Å². The maximum Gasteiger partial charge on any atom is 0.303 e. The van der Waals surface area contributed by atoms with E-state index in [4.69, 9.17) is 4.74 Å². The lowest BCUT2D eigenvalue weighted by Gasteiger charge is -2.46. The van der Waals surface area contributed by atoms with Crippen molar-refractivity contribution < 1.29 is 37.0 Å². The minimum absolute atomic E-state index is 0.00784. The Hall–Kier alpha value is -3.48. The van der Waals surface area contributed by atoms with Crippen molar-refractivity contribution in [1.82, 2.24) is 20.2 Å². The van der Waals surface area contributed by atoms with Gasteiger partial charge in [0.1, 0.15) is 11.4 Å². The number of benzene rings is 1. The SMILES string of the molecule is CCC1(CC)CN(c2ncc(C(=O)NCC3CC4CC(CC(=O)O)CC(C3)C4)c(C(C)(F)F)n2)c2ccc(OC3CCC(N4CC(F)(F)C4)CC3)cc21. The monoisotopic (exact) mass is 743 g/mol. The number of carboxylic acids is 1. The molecule has 1 amide bonds. The van der Waals surface area contributed by atoms with E-state index in [0.717, 1.165) is 94.6 Å². The first-order chi connectivity index (χ1) is 25.1. The molecule has 2 unspecified atom stereocenters. The standard InChI is InChI=1S/C40H53F4N5O4/c1-4-39(5-2)21-49(33-11-10-30(18-32(33)39)53-29-8-6-28(7-9-29)48-22-40(43,44)23-48)37-46-20-31(35(47-37)38(3,41)42)36(52)45-19-27-15-24-12-25(16-27)14-26(13-24)17-34(50)51/h10-11,18,20,24-29H,4-9,12-17,19,21-23H2,1-3H3,(H,45,52)(H,50,51). The number of carbonyl (C=O) groups is 2. The predicted octanol–water partition coefficient (Wildman–Crippen LogP) is 8.09. The number of aromatic nitrogens is 2. The van der Waals surface area contributed by atoms with E-state index >= 15 is 8.78 Å². The second kappa shape index (κ2) is 14.6. The number of carboxylic acid groups (broad SMARTS) is 1. The number of hydrogen-bond donors (Lipinski definition) is 2. The van der Waals surface area contributed by atoms with Crippen LogP contribution in [0.25, 0.3) is 0 Å². The number of rotatable bonds is 12. The Labute approximate surface area is 309 Å². The summed E-state index contributed by atoms with van der Waals surface area (Å²) < 4.78 is 63.7. The molecule has 2 bridgehead atoms. The molecule has 3 heterocycles. The van der Waals surface area contributed by atoms with Crippen molar-refractivity contribution in [2.24, 2.45) is 23.7 Å². The highest BCUT2D eigenvalue weighted by Crippen LogP contribution is 2.50. The summed E-state index contributed by atoms with van der Waals surface area (Å²) in [4.78, 5) is 37.3. The van der Waals surface area contributed by atoms with Gasteiger partial charge in [0.15, 0.2) is 0 Å². The van der Waals surface area contributed by atoms with Crippen molar-refractivity contribution >= 4 is 23.5 Å². The first kappa shape index (κ1) is 37.8. The van der Waals surface area contributed by atoms with Crippen LogP contribution in [0.15, 0.2) is 24.4 Å². The van der Waals surface area contributed by atoms with Gasteiger partial charge in [-0.2, -0.15) is 8.78 Å². The van der Waals surface area contributed by atoms with Crippen LogP contribution in [0.1, 0.15) is 119 Å². The molecule has 2 N–H and O–H groups in total. The minimum Gasteiger partial charge on any atom is -0.490 e. The fraction of sp³-hybridized carbons (Fsp3) is 0.700. The zero-order valence-electron chi connectivity index (χ0n) is 31.1. The van der Waals surface area contributed by atoms with E-state index in [1.807, 2.05) is 28.0 Å². The molecule has 53 heavy (non-hydrogen) atoms. The van der Waals surface area contributed by atoms with Crippen molar-refractivity contribution in [3.63, 3.8) is 0 Å². The van der Waals surface area contributed by atoms with Crippen molar-refractivity contribution in [2.75, 3.05) is 31.1 Å². The predicted molar refractivity (Wildman–Crippen MR) is 192 cm³/mol. The minimum atomic E-state index is -3.40. The number of nitrogens with one attached hydrogen (secondary N) is 1. The highest BCUT2D eigenvalue weighted by molar-refractivity contribution is 5.95. The van der Waals surface area contributed by atoms with Gasteiger partial charge < -0.3 is 20.1 Å². The Morgan fingerprint density at radius 1 is 0.981 bits per heavy atom. The number of alkyl halides is 4. The molecule has 7 rings (SSSR count). The molecule has 2 atom stereocenters. The van der Waals surface area contributed by atoms with E-state index in [0.29, 0.717) is 24.9 Å². The molecule has 3 saturated carbocycles. The van der Waals surface area contributed by atoms with Crippen LogP contribution in [0, 0.1) is 23.7 Å². The summed E-state index contributed by atoms with van der Waals surface area (Å²) in [5.74, 6) is -5.24. The van der Waals surface area contributed by atoms with Gasteiger partial charge in [-0.05, 0) is 118 Å². The van der Waals surface area contributed by atoms with Gasteiger partial charge in [-0.1, -0.05) is 13.8 Å². The number of nitrogens with zero attached hydrogens (tertiary/aromatic N) is 4. The van der Waals surface area contributed by atoms with Crippen LogP contribution in [0.4, 0.5) is 29.2 Å². The molecule has 290 valence electrons. The molecule has 1 saturated heterocycles. The molecule has 2 aromatic rings. The first-order valence-electron chi connectivity index (χ1n) is 19.6. The molecule has 2 aliphatic heterocycles. The number of amides is 1. The summed E-state index contributed by atoms with van der Waals surface area (Å²) in [6.07, 6.45) is 10.9. The van der Waals surface area contributed by atoms with Gasteiger partial charge in [-0.25, -0.2) is 18.7 Å². The Kier molecular flexibility index (Phi) is 10.4. The third-order valence-electron chi connectivity index (χ3n) is 13.0. The summed E-state index contributed by atoms with van der Waals surface area (Å²) >= 11 is 0. The summed E-state index contributed by atoms with van der Waals surface area (Å²) in [5, 5.41) is 12.1. The summed E-state index contributed by atoms with van der Waals surface area (Å²) in [6, 6.07) is 6.04. The number of halogens is 4. The lowest BCUT2D eigenvalue weighted by molar-refractivity contribution is -0.151. The van der Waals surface area contributed by atoms with Crippen molar-refractivity contribution in [3.8, 4) is 5.75 Å². The van der Waals surface area contributed by atoms with Crippen LogP contribution in [-0.4, -0.2) is 76.1 Å². The molecule has 0 radical (unpaired) electrons. The Balaban J connectivity index is 1.04. The van der Waals surface area contributed by atoms with Crippen molar-refractivity contribution in [1.29, 1.82) is 0 Å². The Morgan fingerprint density at radius 3 is 2.25 bits per heavy atom. The van der Waals surface area contributed by atoms with Gasteiger partial charge in [0, 0.05) is 49.8 Å².